The van der Waals surface area contributed by atoms with E-state index in [1.165, 1.54) is 6.26 Å². The van der Waals surface area contributed by atoms with E-state index in [0.29, 0.717) is 0 Å². The topological polar surface area (TPSA) is 90.0 Å². The highest BCUT2D eigenvalue weighted by molar-refractivity contribution is 7.90. The summed E-state index contributed by atoms with van der Waals surface area (Å²) >= 11 is 0. The molecule has 1 heterocycles. The fourth-order valence-corrected chi connectivity index (χ4v) is 2.62. The molecule has 19 heavy (non-hydrogen) atoms. The molecule has 1 unspecified atom stereocenters. The summed E-state index contributed by atoms with van der Waals surface area (Å²) in [5, 5.41) is 4.09. The van der Waals surface area contributed by atoms with Crippen LogP contribution in [0.5, 0.6) is 0 Å². The van der Waals surface area contributed by atoms with Crippen molar-refractivity contribution in [3.8, 4) is 0 Å². The molecule has 0 radical (unpaired) electrons. The van der Waals surface area contributed by atoms with E-state index in [0.717, 1.165) is 11.3 Å². The number of hydrogen-bond acceptors (Lipinski definition) is 5. The smallest absolute Gasteiger partial charge is 0.175 e. The molecule has 1 aromatic carbocycles. The second kappa shape index (κ2) is 5.12. The number of sulfone groups is 1. The van der Waals surface area contributed by atoms with Crippen molar-refractivity contribution in [2.24, 2.45) is 12.9 Å². The van der Waals surface area contributed by atoms with Crippen LogP contribution >= 0.6 is 0 Å². The fourth-order valence-electron chi connectivity index (χ4n) is 1.94. The first kappa shape index (κ1) is 13.7. The van der Waals surface area contributed by atoms with E-state index in [9.17, 15) is 8.42 Å². The van der Waals surface area contributed by atoms with E-state index in [-0.39, 0.29) is 10.9 Å². The molecule has 0 aliphatic rings. The number of nitrogens with zero attached hydrogens (tertiary/aromatic N) is 2. The predicted octanol–water partition coefficient (Wildman–Crippen LogP) is 0.376. The molecule has 1 aromatic heterocycles. The predicted molar refractivity (Wildman–Crippen MR) is 71.9 cm³/mol. The highest BCUT2D eigenvalue weighted by Crippen LogP contribution is 2.23. The zero-order valence-electron chi connectivity index (χ0n) is 10.7. The zero-order chi connectivity index (χ0) is 14.0. The molecule has 3 N–H and O–H groups in total. The third kappa shape index (κ3) is 2.83. The first-order valence-electron chi connectivity index (χ1n) is 5.67. The minimum atomic E-state index is -3.24. The summed E-state index contributed by atoms with van der Waals surface area (Å²) < 4.78 is 24.9. The van der Waals surface area contributed by atoms with E-state index in [4.69, 9.17) is 5.84 Å². The van der Waals surface area contributed by atoms with Gasteiger partial charge in [0.2, 0.25) is 0 Å². The van der Waals surface area contributed by atoms with Gasteiger partial charge < -0.3 is 0 Å². The lowest BCUT2D eigenvalue weighted by atomic mass is 10.0. The molecule has 2 aromatic rings. The van der Waals surface area contributed by atoms with Crippen molar-refractivity contribution in [2.75, 3.05) is 6.26 Å². The summed E-state index contributed by atoms with van der Waals surface area (Å²) in [6.45, 7) is 0. The van der Waals surface area contributed by atoms with Crippen LogP contribution in [0.4, 0.5) is 0 Å². The normalized spacial score (nSPS) is 13.4. The number of hydrogen-bond donors (Lipinski definition) is 2. The Bertz CT molecular complexity index is 679. The Kier molecular flexibility index (Phi) is 3.70. The van der Waals surface area contributed by atoms with Gasteiger partial charge in [0.05, 0.1) is 16.6 Å². The zero-order valence-corrected chi connectivity index (χ0v) is 11.6. The van der Waals surface area contributed by atoms with Gasteiger partial charge in [0.25, 0.3) is 0 Å². The highest BCUT2D eigenvalue weighted by Gasteiger charge is 2.17. The lowest BCUT2D eigenvalue weighted by Crippen LogP contribution is -2.30. The van der Waals surface area contributed by atoms with Gasteiger partial charge in [-0.1, -0.05) is 12.1 Å². The minimum absolute atomic E-state index is 0.271. The molecule has 7 heteroatoms. The quantitative estimate of drug-likeness (QED) is 0.624. The molecule has 0 aliphatic carbocycles. The molecule has 6 nitrogen and oxygen atoms in total. The van der Waals surface area contributed by atoms with Crippen LogP contribution in [0.1, 0.15) is 17.3 Å². The summed E-state index contributed by atoms with van der Waals surface area (Å²) in [7, 11) is -1.43. The number of rotatable bonds is 4. The van der Waals surface area contributed by atoms with Crippen molar-refractivity contribution in [1.82, 2.24) is 15.2 Å². The Balaban J connectivity index is 2.48. The molecule has 0 aliphatic heterocycles. The summed E-state index contributed by atoms with van der Waals surface area (Å²) in [4.78, 5) is 0.271. The highest BCUT2D eigenvalue weighted by atomic mass is 32.2. The van der Waals surface area contributed by atoms with Crippen molar-refractivity contribution in [1.29, 1.82) is 0 Å². The Hall–Kier alpha value is -1.70. The van der Waals surface area contributed by atoms with Crippen molar-refractivity contribution in [2.45, 2.75) is 10.9 Å². The summed E-state index contributed by atoms with van der Waals surface area (Å²) in [5.74, 6) is 5.58. The van der Waals surface area contributed by atoms with Gasteiger partial charge in [-0.05, 0) is 23.8 Å². The maximum absolute atomic E-state index is 11.6. The van der Waals surface area contributed by atoms with Crippen molar-refractivity contribution in [3.63, 3.8) is 0 Å². The molecule has 2 rings (SSSR count). The average Bonchev–Trinajstić information content (AvgIpc) is 2.76. The molecule has 0 fully saturated rings. The van der Waals surface area contributed by atoms with Gasteiger partial charge in [0, 0.05) is 19.5 Å². The SMILES string of the molecule is Cn1nccc1C(NN)c1cccc(S(C)(=O)=O)c1. The van der Waals surface area contributed by atoms with E-state index in [1.807, 2.05) is 12.1 Å². The second-order valence-electron chi connectivity index (χ2n) is 4.32. The van der Waals surface area contributed by atoms with Gasteiger partial charge in [0.1, 0.15) is 0 Å². The van der Waals surface area contributed by atoms with Gasteiger partial charge in [-0.2, -0.15) is 5.10 Å². The maximum atomic E-state index is 11.6. The Morgan fingerprint density at radius 3 is 2.63 bits per heavy atom. The molecule has 1 atom stereocenters. The largest absolute Gasteiger partial charge is 0.271 e. The monoisotopic (exact) mass is 280 g/mol. The van der Waals surface area contributed by atoms with Crippen LogP contribution in [0.15, 0.2) is 41.4 Å². The van der Waals surface area contributed by atoms with Crippen LogP contribution < -0.4 is 11.3 Å². The number of hydrazine groups is 1. The first-order valence-corrected chi connectivity index (χ1v) is 7.56. The third-order valence-electron chi connectivity index (χ3n) is 2.94. The molecular weight excluding hydrogens is 264 g/mol. The Labute approximate surface area is 112 Å². The van der Waals surface area contributed by atoms with Gasteiger partial charge in [0.15, 0.2) is 9.84 Å². The maximum Gasteiger partial charge on any atom is 0.175 e. The van der Waals surface area contributed by atoms with Crippen molar-refractivity contribution in [3.05, 3.63) is 47.8 Å². The number of aryl methyl sites for hydroxylation is 1. The molecular formula is C12H16N4O2S. The number of benzene rings is 1. The summed E-state index contributed by atoms with van der Waals surface area (Å²) in [5.41, 5.74) is 4.31. The lowest BCUT2D eigenvalue weighted by molar-refractivity contribution is 0.573. The number of nitrogens with two attached hydrogens (primary N) is 1. The van der Waals surface area contributed by atoms with Crippen LogP contribution in [-0.2, 0) is 16.9 Å². The molecule has 0 spiro atoms. The Morgan fingerprint density at radius 1 is 1.37 bits per heavy atom. The van der Waals surface area contributed by atoms with Gasteiger partial charge in [-0.25, -0.2) is 13.8 Å². The van der Waals surface area contributed by atoms with E-state index in [2.05, 4.69) is 10.5 Å². The van der Waals surface area contributed by atoms with Crippen LogP contribution in [0.25, 0.3) is 0 Å². The molecule has 0 saturated heterocycles. The number of aromatic nitrogens is 2. The van der Waals surface area contributed by atoms with Crippen LogP contribution in [0, 0.1) is 0 Å². The van der Waals surface area contributed by atoms with E-state index < -0.39 is 9.84 Å². The third-order valence-corrected chi connectivity index (χ3v) is 4.05. The van der Waals surface area contributed by atoms with Crippen LogP contribution in [0.2, 0.25) is 0 Å². The van der Waals surface area contributed by atoms with Crippen molar-refractivity contribution < 1.29 is 8.42 Å². The van der Waals surface area contributed by atoms with Gasteiger partial charge in [-0.3, -0.25) is 10.5 Å². The molecule has 0 amide bonds. The van der Waals surface area contributed by atoms with Gasteiger partial charge in [-0.15, -0.1) is 0 Å². The lowest BCUT2D eigenvalue weighted by Gasteiger charge is -2.17. The fraction of sp³-hybridized carbons (Fsp3) is 0.250. The molecule has 102 valence electrons. The van der Waals surface area contributed by atoms with Gasteiger partial charge >= 0.3 is 0 Å². The van der Waals surface area contributed by atoms with Crippen LogP contribution in [-0.4, -0.2) is 24.5 Å². The minimum Gasteiger partial charge on any atom is -0.271 e. The Morgan fingerprint density at radius 2 is 2.11 bits per heavy atom. The first-order chi connectivity index (χ1) is 8.93. The molecule has 0 bridgehead atoms. The van der Waals surface area contributed by atoms with Crippen molar-refractivity contribution >= 4 is 9.84 Å². The molecule has 0 saturated carbocycles. The summed E-state index contributed by atoms with van der Waals surface area (Å²) in [6, 6.07) is 8.23. The number of nitrogens with one attached hydrogen (secondary N) is 1. The average molecular weight is 280 g/mol. The standard InChI is InChI=1S/C12H16N4O2S/c1-16-11(6-7-14-16)12(15-13)9-4-3-5-10(8-9)19(2,17)18/h3-8,12,15H,13H2,1-2H3. The second-order valence-corrected chi connectivity index (χ2v) is 6.34. The summed E-state index contributed by atoms with van der Waals surface area (Å²) in [6.07, 6.45) is 2.85. The van der Waals surface area contributed by atoms with Crippen LogP contribution in [0.3, 0.4) is 0 Å². The van der Waals surface area contributed by atoms with E-state index in [1.54, 1.807) is 36.1 Å². The van der Waals surface area contributed by atoms with E-state index >= 15 is 0 Å².